The molecule has 0 radical (unpaired) electrons. The van der Waals surface area contributed by atoms with E-state index >= 15 is 0 Å². The summed E-state index contributed by atoms with van der Waals surface area (Å²) in [6.07, 6.45) is 2.22. The Balaban J connectivity index is 2.20. The summed E-state index contributed by atoms with van der Waals surface area (Å²) in [6.45, 7) is 1.82. The predicted molar refractivity (Wildman–Crippen MR) is 61.6 cm³/mol. The molecule has 3 heteroatoms. The van der Waals surface area contributed by atoms with Crippen molar-refractivity contribution in [2.45, 2.75) is 12.8 Å². The van der Waals surface area contributed by atoms with E-state index in [1.54, 1.807) is 7.11 Å². The van der Waals surface area contributed by atoms with E-state index in [9.17, 15) is 0 Å². The molecule has 0 aliphatic carbocycles. The second-order valence-electron chi connectivity index (χ2n) is 3.33. The molecule has 0 unspecified atom stereocenters. The van der Waals surface area contributed by atoms with Crippen molar-refractivity contribution in [1.29, 1.82) is 0 Å². The topological polar surface area (TPSA) is 30.5 Å². The highest BCUT2D eigenvalue weighted by Crippen LogP contribution is 2.17. The first-order chi connectivity index (χ1) is 7.36. The molecule has 1 N–H and O–H groups in total. The van der Waals surface area contributed by atoms with Gasteiger partial charge in [0.25, 0.3) is 0 Å². The van der Waals surface area contributed by atoms with E-state index in [0.717, 1.165) is 37.5 Å². The van der Waals surface area contributed by atoms with E-state index in [4.69, 9.17) is 9.47 Å². The summed E-state index contributed by atoms with van der Waals surface area (Å²) in [6, 6.07) is 7.67. The van der Waals surface area contributed by atoms with Crippen molar-refractivity contribution in [2.75, 3.05) is 27.3 Å². The van der Waals surface area contributed by atoms with Crippen molar-refractivity contribution in [1.82, 2.24) is 5.32 Å². The van der Waals surface area contributed by atoms with Gasteiger partial charge in [-0.15, -0.1) is 0 Å². The second-order valence-corrected chi connectivity index (χ2v) is 3.33. The van der Waals surface area contributed by atoms with Crippen LogP contribution in [0.1, 0.15) is 12.8 Å². The Bertz CT molecular complexity index is 259. The maximum atomic E-state index is 5.57. The Morgan fingerprint density at radius 2 is 1.73 bits per heavy atom. The predicted octanol–water partition coefficient (Wildman–Crippen LogP) is 2.07. The summed E-state index contributed by atoms with van der Waals surface area (Å²) in [5.41, 5.74) is 0. The molecular formula is C12H19NO2. The molecule has 84 valence electrons. The fourth-order valence-corrected chi connectivity index (χ4v) is 1.27. The first kappa shape index (κ1) is 11.9. The zero-order valence-electron chi connectivity index (χ0n) is 9.45. The zero-order chi connectivity index (χ0) is 10.9. The summed E-state index contributed by atoms with van der Waals surface area (Å²) in [4.78, 5) is 0. The fourth-order valence-electron chi connectivity index (χ4n) is 1.27. The largest absolute Gasteiger partial charge is 0.497 e. The van der Waals surface area contributed by atoms with Crippen LogP contribution in [-0.4, -0.2) is 27.3 Å². The molecule has 1 aromatic carbocycles. The maximum Gasteiger partial charge on any atom is 0.119 e. The van der Waals surface area contributed by atoms with Gasteiger partial charge in [0.1, 0.15) is 11.5 Å². The molecule has 0 spiro atoms. The molecule has 0 fully saturated rings. The molecule has 0 aromatic heterocycles. The van der Waals surface area contributed by atoms with Crippen molar-refractivity contribution in [3.8, 4) is 11.5 Å². The number of rotatable bonds is 7. The van der Waals surface area contributed by atoms with Gasteiger partial charge in [-0.1, -0.05) is 0 Å². The Morgan fingerprint density at radius 3 is 2.33 bits per heavy atom. The third-order valence-corrected chi connectivity index (χ3v) is 2.15. The third-order valence-electron chi connectivity index (χ3n) is 2.15. The van der Waals surface area contributed by atoms with Crippen molar-refractivity contribution in [3.63, 3.8) is 0 Å². The Labute approximate surface area is 91.4 Å². The van der Waals surface area contributed by atoms with Gasteiger partial charge in [0.2, 0.25) is 0 Å². The molecule has 15 heavy (non-hydrogen) atoms. The number of methoxy groups -OCH3 is 1. The number of unbranched alkanes of at least 4 members (excludes halogenated alkanes) is 1. The zero-order valence-corrected chi connectivity index (χ0v) is 9.45. The molecular weight excluding hydrogens is 190 g/mol. The quantitative estimate of drug-likeness (QED) is 0.697. The van der Waals surface area contributed by atoms with Crippen LogP contribution in [0.25, 0.3) is 0 Å². The molecule has 0 aliphatic rings. The van der Waals surface area contributed by atoms with Gasteiger partial charge < -0.3 is 14.8 Å². The lowest BCUT2D eigenvalue weighted by Gasteiger charge is -2.06. The van der Waals surface area contributed by atoms with Gasteiger partial charge >= 0.3 is 0 Å². The van der Waals surface area contributed by atoms with Crippen LogP contribution in [0.15, 0.2) is 24.3 Å². The van der Waals surface area contributed by atoms with Gasteiger partial charge in [-0.05, 0) is 50.7 Å². The van der Waals surface area contributed by atoms with Crippen LogP contribution in [0.5, 0.6) is 11.5 Å². The van der Waals surface area contributed by atoms with Gasteiger partial charge in [-0.3, -0.25) is 0 Å². The van der Waals surface area contributed by atoms with Gasteiger partial charge in [0, 0.05) is 0 Å². The molecule has 0 heterocycles. The van der Waals surface area contributed by atoms with Crippen molar-refractivity contribution in [3.05, 3.63) is 24.3 Å². The maximum absolute atomic E-state index is 5.57. The van der Waals surface area contributed by atoms with Crippen LogP contribution < -0.4 is 14.8 Å². The summed E-state index contributed by atoms with van der Waals surface area (Å²) in [5.74, 6) is 1.76. The minimum atomic E-state index is 0.772. The van der Waals surface area contributed by atoms with Crippen LogP contribution in [0.4, 0.5) is 0 Å². The molecule has 0 amide bonds. The van der Waals surface area contributed by atoms with E-state index in [1.807, 2.05) is 31.3 Å². The highest BCUT2D eigenvalue weighted by Gasteiger charge is 1.94. The monoisotopic (exact) mass is 209 g/mol. The van der Waals surface area contributed by atoms with Gasteiger partial charge in [-0.25, -0.2) is 0 Å². The first-order valence-electron chi connectivity index (χ1n) is 5.28. The Kier molecular flexibility index (Phi) is 5.63. The normalized spacial score (nSPS) is 10.0. The first-order valence-corrected chi connectivity index (χ1v) is 5.28. The van der Waals surface area contributed by atoms with E-state index < -0.39 is 0 Å². The fraction of sp³-hybridized carbons (Fsp3) is 0.500. The van der Waals surface area contributed by atoms with Crippen LogP contribution >= 0.6 is 0 Å². The van der Waals surface area contributed by atoms with Crippen molar-refractivity contribution >= 4 is 0 Å². The highest BCUT2D eigenvalue weighted by atomic mass is 16.5. The lowest BCUT2D eigenvalue weighted by Crippen LogP contribution is -2.09. The molecule has 0 saturated heterocycles. The van der Waals surface area contributed by atoms with Gasteiger partial charge in [-0.2, -0.15) is 0 Å². The van der Waals surface area contributed by atoms with Crippen LogP contribution in [0.2, 0.25) is 0 Å². The number of hydrogen-bond donors (Lipinski definition) is 1. The second kappa shape index (κ2) is 7.12. The number of ether oxygens (including phenoxy) is 2. The van der Waals surface area contributed by atoms with Gasteiger partial charge in [0.15, 0.2) is 0 Å². The summed E-state index contributed by atoms with van der Waals surface area (Å²) < 4.78 is 10.6. The number of nitrogens with one attached hydrogen (secondary N) is 1. The molecule has 3 nitrogen and oxygen atoms in total. The standard InChI is InChI=1S/C12H19NO2/c1-13-9-3-4-10-15-12-7-5-11(14-2)6-8-12/h5-8,13H,3-4,9-10H2,1-2H3. The summed E-state index contributed by atoms with van der Waals surface area (Å²) in [5, 5.41) is 3.11. The van der Waals surface area contributed by atoms with Gasteiger partial charge in [0.05, 0.1) is 13.7 Å². The minimum Gasteiger partial charge on any atom is -0.497 e. The molecule has 1 rings (SSSR count). The SMILES string of the molecule is CNCCCCOc1ccc(OC)cc1. The van der Waals surface area contributed by atoms with Crippen LogP contribution in [0.3, 0.4) is 0 Å². The number of benzene rings is 1. The number of hydrogen-bond acceptors (Lipinski definition) is 3. The average Bonchev–Trinajstić information content (AvgIpc) is 2.30. The Morgan fingerprint density at radius 1 is 1.07 bits per heavy atom. The smallest absolute Gasteiger partial charge is 0.119 e. The summed E-state index contributed by atoms with van der Waals surface area (Å²) in [7, 11) is 3.62. The lowest BCUT2D eigenvalue weighted by molar-refractivity contribution is 0.306. The third kappa shape index (κ3) is 4.70. The van der Waals surface area contributed by atoms with E-state index in [0.29, 0.717) is 0 Å². The molecule has 1 aromatic rings. The average molecular weight is 209 g/mol. The van der Waals surface area contributed by atoms with Crippen molar-refractivity contribution in [2.24, 2.45) is 0 Å². The van der Waals surface area contributed by atoms with Crippen LogP contribution in [-0.2, 0) is 0 Å². The molecule has 0 atom stereocenters. The lowest BCUT2D eigenvalue weighted by atomic mass is 10.3. The minimum absolute atomic E-state index is 0.772. The summed E-state index contributed by atoms with van der Waals surface area (Å²) >= 11 is 0. The van der Waals surface area contributed by atoms with E-state index in [-0.39, 0.29) is 0 Å². The molecule has 0 bridgehead atoms. The van der Waals surface area contributed by atoms with E-state index in [2.05, 4.69) is 5.32 Å². The molecule has 0 saturated carbocycles. The van der Waals surface area contributed by atoms with Crippen LogP contribution in [0, 0.1) is 0 Å². The van der Waals surface area contributed by atoms with E-state index in [1.165, 1.54) is 0 Å². The highest BCUT2D eigenvalue weighted by molar-refractivity contribution is 5.30. The molecule has 0 aliphatic heterocycles. The Hall–Kier alpha value is -1.22. The van der Waals surface area contributed by atoms with Crippen molar-refractivity contribution < 1.29 is 9.47 Å².